The Kier molecular flexibility index (Phi) is 1.95. The fourth-order valence-corrected chi connectivity index (χ4v) is 1.07. The van der Waals surface area contributed by atoms with Gasteiger partial charge >= 0.3 is 12.4 Å². The van der Waals surface area contributed by atoms with Crippen LogP contribution >= 0.6 is 0 Å². The van der Waals surface area contributed by atoms with Crippen LogP contribution in [0.3, 0.4) is 0 Å². The van der Waals surface area contributed by atoms with Gasteiger partial charge < -0.3 is 4.74 Å². The number of hydrogen-bond donors (Lipinski definition) is 0. The van der Waals surface area contributed by atoms with Gasteiger partial charge in [-0.15, -0.1) is 13.2 Å². The fourth-order valence-electron chi connectivity index (χ4n) is 1.07. The van der Waals surface area contributed by atoms with Crippen molar-refractivity contribution < 1.29 is 22.7 Å². The molecule has 0 spiro atoms. The molecule has 0 atom stereocenters. The number of rotatable bonds is 0. The summed E-state index contributed by atoms with van der Waals surface area (Å²) in [5, 5.41) is 0. The second kappa shape index (κ2) is 3.04. The first-order valence-corrected chi connectivity index (χ1v) is 3.81. The number of ether oxygens (including phenoxy) is 1. The van der Waals surface area contributed by atoms with E-state index in [1.165, 1.54) is 12.2 Å². The topological polar surface area (TPSA) is 51.0 Å². The number of hydrogen-bond acceptors (Lipinski definition) is 4. The molecule has 2 aliphatic rings. The monoisotopic (exact) mass is 216 g/mol. The molecule has 1 aliphatic carbocycles. The Labute approximate surface area is 81.5 Å². The van der Waals surface area contributed by atoms with E-state index >= 15 is 0 Å². The van der Waals surface area contributed by atoms with Crippen molar-refractivity contribution in [2.24, 2.45) is 9.98 Å². The molecule has 15 heavy (non-hydrogen) atoms. The summed E-state index contributed by atoms with van der Waals surface area (Å²) in [5.41, 5.74) is 0.274. The van der Waals surface area contributed by atoms with E-state index in [0.717, 1.165) is 6.08 Å². The van der Waals surface area contributed by atoms with Crippen LogP contribution in [0.25, 0.3) is 0 Å². The van der Waals surface area contributed by atoms with Crippen molar-refractivity contribution in [3.8, 4) is 0 Å². The average molecular weight is 216 g/mol. The Morgan fingerprint density at radius 1 is 1.20 bits per heavy atom. The summed E-state index contributed by atoms with van der Waals surface area (Å²) in [4.78, 5) is 17.7. The molecule has 0 N–H and O–H groups in total. The van der Waals surface area contributed by atoms with Crippen LogP contribution in [0.15, 0.2) is 33.9 Å². The quantitative estimate of drug-likeness (QED) is 0.574. The first-order valence-electron chi connectivity index (χ1n) is 3.81. The second-order valence-electron chi connectivity index (χ2n) is 2.70. The first-order chi connectivity index (χ1) is 6.94. The number of nitrogens with zero attached hydrogens (tertiary/aromatic N) is 2. The summed E-state index contributed by atoms with van der Waals surface area (Å²) >= 11 is 0. The summed E-state index contributed by atoms with van der Waals surface area (Å²) in [5.74, 6) is -0.346. The van der Waals surface area contributed by atoms with Gasteiger partial charge in [-0.25, -0.2) is 0 Å². The van der Waals surface area contributed by atoms with Gasteiger partial charge in [-0.2, -0.15) is 9.98 Å². The molecule has 0 fully saturated rings. The van der Waals surface area contributed by atoms with Crippen LogP contribution in [0, 0.1) is 0 Å². The molecule has 0 aromatic heterocycles. The third-order valence-corrected chi connectivity index (χ3v) is 1.59. The molecule has 78 valence electrons. The van der Waals surface area contributed by atoms with Crippen LogP contribution in [-0.2, 0) is 9.53 Å². The number of carbonyl (C=O) groups excluding carboxylic acids is 1. The van der Waals surface area contributed by atoms with Gasteiger partial charge in [0.25, 0.3) is 0 Å². The molecule has 0 radical (unpaired) electrons. The summed E-state index contributed by atoms with van der Waals surface area (Å²) in [6.07, 6.45) is -1.27. The van der Waals surface area contributed by atoms with E-state index in [-0.39, 0.29) is 17.2 Å². The summed E-state index contributed by atoms with van der Waals surface area (Å²) in [7, 11) is 0. The number of allylic oxidation sites excluding steroid dienone is 3. The van der Waals surface area contributed by atoms with Gasteiger partial charge in [0, 0.05) is 6.08 Å². The van der Waals surface area contributed by atoms with Crippen molar-refractivity contribution in [3.63, 3.8) is 0 Å². The van der Waals surface area contributed by atoms with Gasteiger partial charge in [0.15, 0.2) is 5.78 Å². The SMILES string of the molecule is O=C1C=CC2=NC(OC(F)(F)F)=NC2=C1. The maximum Gasteiger partial charge on any atom is 0.575 e. The van der Waals surface area contributed by atoms with E-state index in [0.29, 0.717) is 0 Å². The Morgan fingerprint density at radius 2 is 1.93 bits per heavy atom. The second-order valence-corrected chi connectivity index (χ2v) is 2.70. The van der Waals surface area contributed by atoms with Gasteiger partial charge in [-0.3, -0.25) is 4.79 Å². The van der Waals surface area contributed by atoms with E-state index in [2.05, 4.69) is 14.7 Å². The predicted molar refractivity (Wildman–Crippen MR) is 44.2 cm³/mol. The van der Waals surface area contributed by atoms with E-state index in [9.17, 15) is 18.0 Å². The highest BCUT2D eigenvalue weighted by molar-refractivity contribution is 6.24. The number of halogens is 3. The van der Waals surface area contributed by atoms with E-state index in [1.54, 1.807) is 0 Å². The zero-order chi connectivity index (χ0) is 11.1. The molecule has 4 nitrogen and oxygen atoms in total. The highest BCUT2D eigenvalue weighted by atomic mass is 19.4. The number of aliphatic imine (C=N–C) groups is 2. The third-order valence-electron chi connectivity index (χ3n) is 1.59. The van der Waals surface area contributed by atoms with Crippen LogP contribution in [0.1, 0.15) is 0 Å². The van der Waals surface area contributed by atoms with Gasteiger partial charge in [0.2, 0.25) is 0 Å². The lowest BCUT2D eigenvalue weighted by Crippen LogP contribution is -2.17. The summed E-state index contributed by atoms with van der Waals surface area (Å²) < 4.78 is 38.9. The number of fused-ring (bicyclic) bond motifs is 1. The molecule has 2 rings (SSSR count). The largest absolute Gasteiger partial charge is 0.575 e. The molecule has 0 aromatic rings. The Hall–Kier alpha value is -1.92. The Bertz CT molecular complexity index is 443. The predicted octanol–water partition coefficient (Wildman–Crippen LogP) is 1.36. The highest BCUT2D eigenvalue weighted by Crippen LogP contribution is 2.22. The van der Waals surface area contributed by atoms with Crippen molar-refractivity contribution in [3.05, 3.63) is 23.9 Å². The van der Waals surface area contributed by atoms with Crippen molar-refractivity contribution >= 4 is 17.5 Å². The molecular formula is C8H3F3N2O2. The fraction of sp³-hybridized carbons (Fsp3) is 0.125. The minimum absolute atomic E-state index is 0.0850. The van der Waals surface area contributed by atoms with Gasteiger partial charge in [0.1, 0.15) is 0 Å². The number of amidine groups is 1. The van der Waals surface area contributed by atoms with Crippen LogP contribution in [0.2, 0.25) is 0 Å². The van der Waals surface area contributed by atoms with Crippen molar-refractivity contribution in [1.82, 2.24) is 0 Å². The minimum atomic E-state index is -4.83. The molecule has 0 saturated carbocycles. The first kappa shape index (κ1) is 9.63. The van der Waals surface area contributed by atoms with Crippen LogP contribution in [0.5, 0.6) is 0 Å². The molecule has 0 amide bonds. The smallest absolute Gasteiger partial charge is 0.371 e. The molecule has 1 heterocycles. The number of alkyl halides is 3. The summed E-state index contributed by atoms with van der Waals surface area (Å²) in [6.45, 7) is 0. The third kappa shape index (κ3) is 2.12. The van der Waals surface area contributed by atoms with E-state index in [1.807, 2.05) is 0 Å². The van der Waals surface area contributed by atoms with Gasteiger partial charge in [0.05, 0.1) is 11.4 Å². The number of ketones is 1. The molecule has 0 unspecified atom stereocenters. The molecule has 7 heteroatoms. The standard InChI is InChI=1S/C8H3F3N2O2/c9-8(10,11)15-7-12-5-2-1-4(14)3-6(5)13-7/h1-3H. The molecule has 1 aliphatic heterocycles. The van der Waals surface area contributed by atoms with Crippen molar-refractivity contribution in [2.75, 3.05) is 0 Å². The van der Waals surface area contributed by atoms with E-state index in [4.69, 9.17) is 0 Å². The number of carbonyl (C=O) groups is 1. The van der Waals surface area contributed by atoms with Gasteiger partial charge in [-0.1, -0.05) is 0 Å². The van der Waals surface area contributed by atoms with E-state index < -0.39 is 12.4 Å². The lowest BCUT2D eigenvalue weighted by Gasteiger charge is -2.04. The normalized spacial score (nSPS) is 19.4. The average Bonchev–Trinajstić information content (AvgIpc) is 2.42. The maximum absolute atomic E-state index is 11.8. The van der Waals surface area contributed by atoms with Crippen molar-refractivity contribution in [1.29, 1.82) is 0 Å². The zero-order valence-electron chi connectivity index (χ0n) is 7.08. The van der Waals surface area contributed by atoms with Crippen LogP contribution in [0.4, 0.5) is 13.2 Å². The highest BCUT2D eigenvalue weighted by Gasteiger charge is 2.35. The van der Waals surface area contributed by atoms with Gasteiger partial charge in [-0.05, 0) is 12.2 Å². The Morgan fingerprint density at radius 3 is 2.60 bits per heavy atom. The molecule has 0 saturated heterocycles. The molecule has 0 bridgehead atoms. The molecule has 0 aromatic carbocycles. The van der Waals surface area contributed by atoms with Crippen molar-refractivity contribution in [2.45, 2.75) is 6.36 Å². The lowest BCUT2D eigenvalue weighted by atomic mass is 10.1. The Balaban J connectivity index is 2.23. The maximum atomic E-state index is 11.8. The molecular weight excluding hydrogens is 213 g/mol. The zero-order valence-corrected chi connectivity index (χ0v) is 7.08. The van der Waals surface area contributed by atoms with Crippen LogP contribution < -0.4 is 0 Å². The lowest BCUT2D eigenvalue weighted by molar-refractivity contribution is -0.283. The minimum Gasteiger partial charge on any atom is -0.371 e. The summed E-state index contributed by atoms with van der Waals surface area (Å²) in [6, 6.07) is -0.803. The van der Waals surface area contributed by atoms with Crippen LogP contribution in [-0.4, -0.2) is 23.9 Å².